The molecule has 0 N–H and O–H groups in total. The molecular formula is C32H52O9. The van der Waals surface area contributed by atoms with Gasteiger partial charge in [0, 0.05) is 45.1 Å². The smallest absolute Gasteiger partial charge is 0.311 e. The van der Waals surface area contributed by atoms with Crippen molar-refractivity contribution in [2.24, 2.45) is 11.3 Å². The summed E-state index contributed by atoms with van der Waals surface area (Å²) in [5.41, 5.74) is -0.495. The highest BCUT2D eigenvalue weighted by Gasteiger charge is 2.47. The molecule has 0 unspecified atom stereocenters. The van der Waals surface area contributed by atoms with Gasteiger partial charge in [-0.1, -0.05) is 13.0 Å². The molecule has 9 atom stereocenters. The summed E-state index contributed by atoms with van der Waals surface area (Å²) in [4.78, 5) is 23.8. The average molecular weight is 581 g/mol. The van der Waals surface area contributed by atoms with Gasteiger partial charge in [-0.2, -0.15) is 0 Å². The van der Waals surface area contributed by atoms with Gasteiger partial charge in [0.2, 0.25) is 0 Å². The zero-order valence-corrected chi connectivity index (χ0v) is 26.1. The van der Waals surface area contributed by atoms with Crippen molar-refractivity contribution in [3.05, 3.63) is 12.2 Å². The van der Waals surface area contributed by atoms with Gasteiger partial charge in [-0.15, -0.1) is 0 Å². The molecule has 0 aromatic carbocycles. The van der Waals surface area contributed by atoms with Gasteiger partial charge >= 0.3 is 5.97 Å². The van der Waals surface area contributed by atoms with Crippen LogP contribution in [0.15, 0.2) is 12.2 Å². The monoisotopic (exact) mass is 580 g/mol. The molecule has 3 fully saturated rings. The molecule has 4 heterocycles. The second kappa shape index (κ2) is 13.5. The van der Waals surface area contributed by atoms with E-state index < -0.39 is 23.1 Å². The summed E-state index contributed by atoms with van der Waals surface area (Å²) >= 11 is 0. The standard InChI is InChI=1S/C32H52O9/c1-21-11-14-32(15-12-26(35-7)28(20-33)41-32)40-27(21)19-25-18-24(38-31(5,6)39-25)17-23-10-8-9-22(37-23)13-16-36-29(34)30(2,3)4/h11,14,20-28H,8-10,12-13,15-19H2,1-7H3/t21-,22+,23-,24+,25-,26-,27+,28+,32-/m0/s1. The summed E-state index contributed by atoms with van der Waals surface area (Å²) in [7, 11) is 1.61. The van der Waals surface area contributed by atoms with Gasteiger partial charge in [0.1, 0.15) is 6.10 Å². The zero-order chi connectivity index (χ0) is 29.8. The van der Waals surface area contributed by atoms with Crippen LogP contribution in [0.5, 0.6) is 0 Å². The highest BCUT2D eigenvalue weighted by atomic mass is 16.7. The van der Waals surface area contributed by atoms with Crippen LogP contribution in [-0.2, 0) is 42.7 Å². The summed E-state index contributed by atoms with van der Waals surface area (Å²) in [5.74, 6) is -1.63. The number of aldehydes is 1. The van der Waals surface area contributed by atoms with E-state index in [0.29, 0.717) is 32.3 Å². The van der Waals surface area contributed by atoms with Crippen molar-refractivity contribution in [3.8, 4) is 0 Å². The van der Waals surface area contributed by atoms with Crippen molar-refractivity contribution in [1.29, 1.82) is 0 Å². The van der Waals surface area contributed by atoms with E-state index in [2.05, 4.69) is 13.0 Å². The first-order valence-corrected chi connectivity index (χ1v) is 15.5. The molecule has 9 heteroatoms. The third-order valence-corrected chi connectivity index (χ3v) is 8.68. The number of esters is 1. The van der Waals surface area contributed by atoms with E-state index in [4.69, 9.17) is 33.2 Å². The highest BCUT2D eigenvalue weighted by molar-refractivity contribution is 5.75. The van der Waals surface area contributed by atoms with Crippen LogP contribution in [0.25, 0.3) is 0 Å². The minimum atomic E-state index is -0.913. The van der Waals surface area contributed by atoms with Gasteiger partial charge in [0.25, 0.3) is 0 Å². The number of hydrogen-bond donors (Lipinski definition) is 0. The SMILES string of the molecule is CO[C@H]1CC[C@]2(C=C[C@H](C)[C@@H](C[C@@H]3C[C@@H](C[C@@H]4CCC[C@H](CCOC(=O)C(C)(C)C)O4)OC(C)(C)O3)O2)O[C@@H]1C=O. The Balaban J connectivity index is 1.31. The average Bonchev–Trinajstić information content (AvgIpc) is 2.89. The summed E-state index contributed by atoms with van der Waals surface area (Å²) in [5, 5.41) is 0. The third-order valence-electron chi connectivity index (χ3n) is 8.68. The normalized spacial score (nSPS) is 39.4. The lowest BCUT2D eigenvalue weighted by Gasteiger charge is -2.47. The van der Waals surface area contributed by atoms with Gasteiger partial charge in [-0.25, -0.2) is 0 Å². The number of hydrogen-bond acceptors (Lipinski definition) is 9. The Hall–Kier alpha value is -1.36. The maximum Gasteiger partial charge on any atom is 0.311 e. The minimum Gasteiger partial charge on any atom is -0.465 e. The van der Waals surface area contributed by atoms with Gasteiger partial charge in [0.05, 0.1) is 48.6 Å². The number of carbonyl (C=O) groups is 2. The van der Waals surface area contributed by atoms with E-state index in [0.717, 1.165) is 38.4 Å². The van der Waals surface area contributed by atoms with Crippen LogP contribution in [0.4, 0.5) is 0 Å². The van der Waals surface area contributed by atoms with Crippen LogP contribution in [0.1, 0.15) is 99.3 Å². The van der Waals surface area contributed by atoms with Crippen LogP contribution >= 0.6 is 0 Å². The molecule has 4 aliphatic rings. The second-order valence-electron chi connectivity index (χ2n) is 13.8. The molecule has 1 spiro atoms. The molecule has 234 valence electrons. The summed E-state index contributed by atoms with van der Waals surface area (Å²) < 4.78 is 42.9. The second-order valence-corrected chi connectivity index (χ2v) is 13.8. The van der Waals surface area contributed by atoms with Gasteiger partial charge < -0.3 is 38.0 Å². The fourth-order valence-corrected chi connectivity index (χ4v) is 6.47. The van der Waals surface area contributed by atoms with Crippen LogP contribution in [0.2, 0.25) is 0 Å². The molecule has 0 aromatic heterocycles. The molecule has 41 heavy (non-hydrogen) atoms. The van der Waals surface area contributed by atoms with Crippen molar-refractivity contribution in [2.45, 2.75) is 154 Å². The molecule has 0 radical (unpaired) electrons. The molecular weight excluding hydrogens is 528 g/mol. The molecule has 0 aliphatic carbocycles. The predicted molar refractivity (Wildman–Crippen MR) is 152 cm³/mol. The lowest BCUT2D eigenvalue weighted by Crippen LogP contribution is -2.54. The molecule has 3 saturated heterocycles. The van der Waals surface area contributed by atoms with Crippen molar-refractivity contribution >= 4 is 12.3 Å². The van der Waals surface area contributed by atoms with Crippen LogP contribution in [0, 0.1) is 11.3 Å². The van der Waals surface area contributed by atoms with Gasteiger partial charge in [-0.3, -0.25) is 4.79 Å². The number of rotatable bonds is 9. The van der Waals surface area contributed by atoms with Crippen molar-refractivity contribution in [1.82, 2.24) is 0 Å². The number of methoxy groups -OCH3 is 1. The summed E-state index contributed by atoms with van der Waals surface area (Å²) in [6.07, 6.45) is 11.4. The Morgan fingerprint density at radius 2 is 1.71 bits per heavy atom. The first-order valence-electron chi connectivity index (χ1n) is 15.5. The molecule has 0 saturated carbocycles. The van der Waals surface area contributed by atoms with E-state index in [1.807, 2.05) is 40.7 Å². The maximum absolute atomic E-state index is 12.1. The Bertz CT molecular complexity index is 911. The quantitative estimate of drug-likeness (QED) is 0.205. The largest absolute Gasteiger partial charge is 0.465 e. The highest BCUT2D eigenvalue weighted by Crippen LogP contribution is 2.41. The zero-order valence-electron chi connectivity index (χ0n) is 26.1. The molecule has 0 aromatic rings. The Morgan fingerprint density at radius 1 is 1.00 bits per heavy atom. The molecule has 4 rings (SSSR count). The lowest BCUT2D eigenvalue weighted by atomic mass is 9.88. The fourth-order valence-electron chi connectivity index (χ4n) is 6.47. The van der Waals surface area contributed by atoms with E-state index in [1.165, 1.54) is 0 Å². The van der Waals surface area contributed by atoms with Gasteiger partial charge in [-0.05, 0) is 66.4 Å². The first-order chi connectivity index (χ1) is 19.3. The fraction of sp³-hybridized carbons (Fsp3) is 0.875. The van der Waals surface area contributed by atoms with Gasteiger partial charge in [0.15, 0.2) is 17.9 Å². The molecule has 0 amide bonds. The third kappa shape index (κ3) is 8.83. The summed E-state index contributed by atoms with van der Waals surface area (Å²) in [6, 6.07) is 0. The Labute approximate surface area is 245 Å². The number of ether oxygens (including phenoxy) is 7. The van der Waals surface area contributed by atoms with Crippen LogP contribution in [-0.4, -0.2) is 80.3 Å². The van der Waals surface area contributed by atoms with Crippen LogP contribution < -0.4 is 0 Å². The lowest BCUT2D eigenvalue weighted by molar-refractivity contribution is -0.320. The number of carbonyl (C=O) groups excluding carboxylic acids is 2. The van der Waals surface area contributed by atoms with E-state index in [1.54, 1.807) is 7.11 Å². The predicted octanol–water partition coefficient (Wildman–Crippen LogP) is 5.27. The molecule has 9 nitrogen and oxygen atoms in total. The first kappa shape index (κ1) is 32.6. The Kier molecular flexibility index (Phi) is 10.7. The summed E-state index contributed by atoms with van der Waals surface area (Å²) in [6.45, 7) is 12.1. The van der Waals surface area contributed by atoms with Crippen molar-refractivity contribution < 1.29 is 42.7 Å². The van der Waals surface area contributed by atoms with Crippen molar-refractivity contribution in [3.63, 3.8) is 0 Å². The van der Waals surface area contributed by atoms with Crippen LogP contribution in [0.3, 0.4) is 0 Å². The molecule has 0 bridgehead atoms. The maximum atomic E-state index is 12.1. The van der Waals surface area contributed by atoms with Crippen molar-refractivity contribution in [2.75, 3.05) is 13.7 Å². The van der Waals surface area contributed by atoms with E-state index >= 15 is 0 Å². The minimum absolute atomic E-state index is 0.00227. The van der Waals surface area contributed by atoms with E-state index in [-0.39, 0.29) is 48.5 Å². The van der Waals surface area contributed by atoms with E-state index in [9.17, 15) is 9.59 Å². The molecule has 4 aliphatic heterocycles. The Morgan fingerprint density at radius 3 is 2.39 bits per heavy atom. The topological polar surface area (TPSA) is 98.8 Å².